The molecular weight excluding hydrogens is 439 g/mol. The van der Waals surface area contributed by atoms with Gasteiger partial charge in [-0.05, 0) is 43.2 Å². The molecule has 0 saturated carbocycles. The van der Waals surface area contributed by atoms with E-state index in [0.29, 0.717) is 25.1 Å². The lowest BCUT2D eigenvalue weighted by atomic mass is 10.1. The molecule has 0 radical (unpaired) electrons. The number of carbonyl (C=O) groups excluding carboxylic acids is 2. The van der Waals surface area contributed by atoms with Gasteiger partial charge < -0.3 is 14.2 Å². The first-order valence-corrected chi connectivity index (χ1v) is 10.3. The molecule has 3 aromatic rings. The fraction of sp³-hybridized carbons (Fsp3) is 0.304. The number of nitrogens with zero attached hydrogens (tertiary/aromatic N) is 3. The quantitative estimate of drug-likeness (QED) is 0.493. The third-order valence-electron chi connectivity index (χ3n) is 5.23. The summed E-state index contributed by atoms with van der Waals surface area (Å²) in [5.41, 5.74) is 0.393. The van der Waals surface area contributed by atoms with Crippen LogP contribution in [0.1, 0.15) is 53.2 Å². The van der Waals surface area contributed by atoms with Crippen molar-refractivity contribution in [3.05, 3.63) is 71.1 Å². The molecule has 0 N–H and O–H groups in total. The number of hydrogen-bond acceptors (Lipinski definition) is 6. The van der Waals surface area contributed by atoms with Crippen LogP contribution in [0.3, 0.4) is 0 Å². The van der Waals surface area contributed by atoms with Crippen LogP contribution in [0.15, 0.2) is 53.1 Å². The van der Waals surface area contributed by atoms with E-state index < -0.39 is 23.8 Å². The molecule has 172 valence electrons. The van der Waals surface area contributed by atoms with Crippen LogP contribution in [0, 0.1) is 0 Å². The second-order valence-electron chi connectivity index (χ2n) is 7.70. The molecule has 10 heteroatoms. The molecule has 1 aliphatic rings. The molecule has 1 atom stereocenters. The van der Waals surface area contributed by atoms with Gasteiger partial charge in [0.05, 0.1) is 11.1 Å². The number of ether oxygens (including phenoxy) is 1. The number of alkyl halides is 3. The molecule has 1 aliphatic heterocycles. The second-order valence-corrected chi connectivity index (χ2v) is 7.70. The molecule has 1 fully saturated rings. The minimum absolute atomic E-state index is 0.0451. The van der Waals surface area contributed by atoms with Crippen molar-refractivity contribution >= 4 is 11.9 Å². The molecule has 0 bridgehead atoms. The van der Waals surface area contributed by atoms with Crippen LogP contribution >= 0.6 is 0 Å². The van der Waals surface area contributed by atoms with E-state index in [-0.39, 0.29) is 23.2 Å². The number of amides is 1. The maximum atomic E-state index is 12.9. The van der Waals surface area contributed by atoms with E-state index in [1.807, 2.05) is 6.07 Å². The van der Waals surface area contributed by atoms with Crippen molar-refractivity contribution in [2.24, 2.45) is 0 Å². The van der Waals surface area contributed by atoms with Crippen LogP contribution < -0.4 is 0 Å². The molecule has 1 saturated heterocycles. The minimum Gasteiger partial charge on any atom is -0.449 e. The Hall–Kier alpha value is -3.69. The first-order chi connectivity index (χ1) is 15.7. The normalized spacial score (nSPS) is 15.0. The zero-order valence-corrected chi connectivity index (χ0v) is 17.6. The highest BCUT2D eigenvalue weighted by atomic mass is 19.4. The van der Waals surface area contributed by atoms with E-state index in [9.17, 15) is 22.8 Å². The van der Waals surface area contributed by atoms with Gasteiger partial charge in [-0.25, -0.2) is 4.79 Å². The first kappa shape index (κ1) is 22.5. The van der Waals surface area contributed by atoms with Crippen molar-refractivity contribution in [1.29, 1.82) is 0 Å². The Bertz CT molecular complexity index is 1180. The lowest BCUT2D eigenvalue weighted by molar-refractivity contribution is -0.137. The molecule has 2 aromatic carbocycles. The molecule has 0 spiro atoms. The Labute approximate surface area is 187 Å². The summed E-state index contributed by atoms with van der Waals surface area (Å²) in [7, 11) is 0. The summed E-state index contributed by atoms with van der Waals surface area (Å²) >= 11 is 0. The highest BCUT2D eigenvalue weighted by Gasteiger charge is 2.31. The summed E-state index contributed by atoms with van der Waals surface area (Å²) in [5, 5.41) is 3.71. The highest BCUT2D eigenvalue weighted by molar-refractivity contribution is 5.89. The Morgan fingerprint density at radius 1 is 1.21 bits per heavy atom. The Kier molecular flexibility index (Phi) is 6.17. The molecule has 7 nitrogen and oxygen atoms in total. The number of benzene rings is 2. The van der Waals surface area contributed by atoms with Crippen LogP contribution in [-0.2, 0) is 22.3 Å². The fourth-order valence-electron chi connectivity index (χ4n) is 3.52. The summed E-state index contributed by atoms with van der Waals surface area (Å²) in [5.74, 6) is -0.633. The lowest BCUT2D eigenvalue weighted by Gasteiger charge is -2.16. The summed E-state index contributed by atoms with van der Waals surface area (Å²) in [6.07, 6.45) is -4.06. The van der Waals surface area contributed by atoms with Gasteiger partial charge >= 0.3 is 12.1 Å². The predicted octanol–water partition coefficient (Wildman–Crippen LogP) is 4.80. The van der Waals surface area contributed by atoms with Gasteiger partial charge in [0.2, 0.25) is 11.7 Å². The molecule has 0 aliphatic carbocycles. The number of carbonyl (C=O) groups is 2. The van der Waals surface area contributed by atoms with E-state index in [4.69, 9.17) is 9.26 Å². The van der Waals surface area contributed by atoms with Crippen LogP contribution in [-0.4, -0.2) is 33.5 Å². The summed E-state index contributed by atoms with van der Waals surface area (Å²) < 4.78 is 49.3. The van der Waals surface area contributed by atoms with Gasteiger partial charge in [-0.15, -0.1) is 0 Å². The second kappa shape index (κ2) is 9.05. The number of esters is 1. The average Bonchev–Trinajstić information content (AvgIpc) is 3.43. The summed E-state index contributed by atoms with van der Waals surface area (Å²) in [6, 6.07) is 11.3. The van der Waals surface area contributed by atoms with E-state index >= 15 is 0 Å². The van der Waals surface area contributed by atoms with E-state index in [1.54, 1.807) is 23.1 Å². The average molecular weight is 459 g/mol. The third kappa shape index (κ3) is 5.21. The minimum atomic E-state index is -4.50. The summed E-state index contributed by atoms with van der Waals surface area (Å²) in [4.78, 5) is 30.2. The van der Waals surface area contributed by atoms with Crippen molar-refractivity contribution in [1.82, 2.24) is 15.0 Å². The number of hydrogen-bond donors (Lipinski definition) is 0. The van der Waals surface area contributed by atoms with Crippen LogP contribution in [0.25, 0.3) is 11.4 Å². The van der Waals surface area contributed by atoms with Crippen LogP contribution in [0.2, 0.25) is 0 Å². The van der Waals surface area contributed by atoms with Crippen molar-refractivity contribution in [3.8, 4) is 11.4 Å². The van der Waals surface area contributed by atoms with Gasteiger partial charge in [0.1, 0.15) is 0 Å². The standard InChI is InChI=1S/C23H20F3N3O4/c1-14(21-27-20(28-33-21)16-6-3-8-18(12-16)23(24,25)26)32-22(31)17-7-2-5-15(11-17)13-29-10-4-9-19(29)30/h2-3,5-8,11-12,14H,4,9-10,13H2,1H3. The SMILES string of the molecule is CC(OC(=O)c1cccc(CN2CCCC2=O)c1)c1nc(-c2cccc(C(F)(F)F)c2)no1. The first-order valence-electron chi connectivity index (χ1n) is 10.3. The third-order valence-corrected chi connectivity index (χ3v) is 5.23. The van der Waals surface area contributed by atoms with Crippen LogP contribution in [0.4, 0.5) is 13.2 Å². The smallest absolute Gasteiger partial charge is 0.416 e. The largest absolute Gasteiger partial charge is 0.449 e. The molecule has 1 aromatic heterocycles. The van der Waals surface area contributed by atoms with Gasteiger partial charge in [-0.3, -0.25) is 4.79 Å². The van der Waals surface area contributed by atoms with Gasteiger partial charge in [0.25, 0.3) is 5.89 Å². The van der Waals surface area contributed by atoms with Gasteiger partial charge in [0.15, 0.2) is 6.10 Å². The number of rotatable bonds is 6. The molecule has 1 amide bonds. The molecular formula is C23H20F3N3O4. The Morgan fingerprint density at radius 3 is 2.73 bits per heavy atom. The molecule has 2 heterocycles. The molecule has 4 rings (SSSR count). The maximum absolute atomic E-state index is 12.9. The van der Waals surface area contributed by atoms with Crippen LogP contribution in [0.5, 0.6) is 0 Å². The Balaban J connectivity index is 1.43. The number of halogens is 3. The lowest BCUT2D eigenvalue weighted by Crippen LogP contribution is -2.24. The maximum Gasteiger partial charge on any atom is 0.416 e. The fourth-order valence-corrected chi connectivity index (χ4v) is 3.52. The van der Waals surface area contributed by atoms with Crippen molar-refractivity contribution in [2.75, 3.05) is 6.54 Å². The van der Waals surface area contributed by atoms with E-state index in [2.05, 4.69) is 10.1 Å². The van der Waals surface area contributed by atoms with E-state index in [1.165, 1.54) is 19.1 Å². The topological polar surface area (TPSA) is 85.5 Å². The van der Waals surface area contributed by atoms with E-state index in [0.717, 1.165) is 24.1 Å². The number of likely N-dealkylation sites (tertiary alicyclic amines) is 1. The Morgan fingerprint density at radius 2 is 2.00 bits per heavy atom. The molecule has 1 unspecified atom stereocenters. The summed E-state index contributed by atoms with van der Waals surface area (Å²) in [6.45, 7) is 2.63. The highest BCUT2D eigenvalue weighted by Crippen LogP contribution is 2.32. The zero-order valence-electron chi connectivity index (χ0n) is 17.6. The van der Waals surface area contributed by atoms with Gasteiger partial charge in [-0.1, -0.05) is 29.4 Å². The van der Waals surface area contributed by atoms with Crippen molar-refractivity contribution < 1.29 is 32.0 Å². The van der Waals surface area contributed by atoms with Crippen molar-refractivity contribution in [2.45, 2.75) is 38.6 Å². The predicted molar refractivity (Wildman–Crippen MR) is 110 cm³/mol. The van der Waals surface area contributed by atoms with Crippen molar-refractivity contribution in [3.63, 3.8) is 0 Å². The molecule has 33 heavy (non-hydrogen) atoms. The zero-order chi connectivity index (χ0) is 23.6. The van der Waals surface area contributed by atoms with Gasteiger partial charge in [0, 0.05) is 25.1 Å². The van der Waals surface area contributed by atoms with Gasteiger partial charge in [-0.2, -0.15) is 18.2 Å². The monoisotopic (exact) mass is 459 g/mol. The number of aromatic nitrogens is 2.